The van der Waals surface area contributed by atoms with Crippen molar-refractivity contribution in [2.24, 2.45) is 0 Å². The number of aliphatic hydroxyl groups is 1. The van der Waals surface area contributed by atoms with Crippen LogP contribution in [0.15, 0.2) is 35.0 Å². The fourth-order valence-corrected chi connectivity index (χ4v) is 2.80. The van der Waals surface area contributed by atoms with Gasteiger partial charge in [0, 0.05) is 13.1 Å². The second kappa shape index (κ2) is 6.26. The van der Waals surface area contributed by atoms with E-state index in [0.29, 0.717) is 25.5 Å². The van der Waals surface area contributed by atoms with Gasteiger partial charge in [0.2, 0.25) is 0 Å². The Bertz CT molecular complexity index is 556. The molecule has 0 saturated heterocycles. The number of aliphatic hydroxyl groups excluding tert-OH is 1. The lowest BCUT2D eigenvalue weighted by Gasteiger charge is -2.20. The minimum atomic E-state index is -0.551. The predicted octanol–water partition coefficient (Wildman–Crippen LogP) is 2.34. The van der Waals surface area contributed by atoms with Crippen LogP contribution in [-0.2, 0) is 6.54 Å². The lowest BCUT2D eigenvalue weighted by atomic mass is 10.1. The molecule has 20 heavy (non-hydrogen) atoms. The van der Waals surface area contributed by atoms with Gasteiger partial charge in [0.15, 0.2) is 11.5 Å². The zero-order valence-corrected chi connectivity index (χ0v) is 11.9. The van der Waals surface area contributed by atoms with Gasteiger partial charge in [-0.1, -0.05) is 6.07 Å². The molecule has 1 atom stereocenters. The van der Waals surface area contributed by atoms with Gasteiger partial charge in [0.1, 0.15) is 13.2 Å². The topological polar surface area (TPSA) is 50.7 Å². The molecule has 4 nitrogen and oxygen atoms in total. The molecule has 2 aromatic rings. The van der Waals surface area contributed by atoms with Crippen molar-refractivity contribution in [2.75, 3.05) is 19.8 Å². The predicted molar refractivity (Wildman–Crippen MR) is 78.4 cm³/mol. The van der Waals surface area contributed by atoms with Crippen LogP contribution in [-0.4, -0.2) is 24.9 Å². The molecule has 2 heterocycles. The third-order valence-corrected chi connectivity index (χ3v) is 3.93. The summed E-state index contributed by atoms with van der Waals surface area (Å²) in [6.07, 6.45) is -0.551. The first-order chi connectivity index (χ1) is 9.83. The average molecular weight is 291 g/mol. The molecule has 1 aliphatic heterocycles. The lowest BCUT2D eigenvalue weighted by Crippen LogP contribution is -2.21. The monoisotopic (exact) mass is 291 g/mol. The normalized spacial score (nSPS) is 15.1. The highest BCUT2D eigenvalue weighted by molar-refractivity contribution is 7.07. The van der Waals surface area contributed by atoms with E-state index in [-0.39, 0.29) is 0 Å². The zero-order chi connectivity index (χ0) is 13.8. The standard InChI is InChI=1S/C15H17NO3S/c17-13(9-16-8-11-3-6-20-10-11)12-1-2-14-15(7-12)19-5-4-18-14/h1-3,6-7,10,13,16-17H,4-5,8-9H2. The second-order valence-electron chi connectivity index (χ2n) is 4.68. The molecule has 106 valence electrons. The highest BCUT2D eigenvalue weighted by Gasteiger charge is 2.15. The SMILES string of the molecule is OC(CNCc1ccsc1)c1ccc2c(c1)OCCO2. The van der Waals surface area contributed by atoms with E-state index in [1.165, 1.54) is 5.56 Å². The minimum absolute atomic E-state index is 0.509. The van der Waals surface area contributed by atoms with Gasteiger partial charge in [0.25, 0.3) is 0 Å². The van der Waals surface area contributed by atoms with E-state index in [2.05, 4.69) is 16.8 Å². The largest absolute Gasteiger partial charge is 0.486 e. The van der Waals surface area contributed by atoms with Crippen LogP contribution in [0.4, 0.5) is 0 Å². The van der Waals surface area contributed by atoms with Crippen molar-refractivity contribution >= 4 is 11.3 Å². The number of rotatable bonds is 5. The molecule has 0 saturated carbocycles. The molecule has 0 fully saturated rings. The molecule has 1 aromatic carbocycles. The molecule has 0 amide bonds. The Morgan fingerprint density at radius 3 is 2.85 bits per heavy atom. The Morgan fingerprint density at radius 1 is 1.20 bits per heavy atom. The van der Waals surface area contributed by atoms with Crippen molar-refractivity contribution in [2.45, 2.75) is 12.6 Å². The van der Waals surface area contributed by atoms with E-state index >= 15 is 0 Å². The molecule has 0 spiro atoms. The van der Waals surface area contributed by atoms with Gasteiger partial charge in [-0.05, 0) is 40.1 Å². The highest BCUT2D eigenvalue weighted by atomic mass is 32.1. The maximum atomic E-state index is 10.2. The number of fused-ring (bicyclic) bond motifs is 1. The van der Waals surface area contributed by atoms with Crippen LogP contribution in [0.25, 0.3) is 0 Å². The average Bonchev–Trinajstić information content (AvgIpc) is 3.00. The molecule has 1 unspecified atom stereocenters. The van der Waals surface area contributed by atoms with Gasteiger partial charge in [-0.2, -0.15) is 11.3 Å². The zero-order valence-electron chi connectivity index (χ0n) is 11.0. The Kier molecular flexibility index (Phi) is 4.20. The maximum absolute atomic E-state index is 10.2. The van der Waals surface area contributed by atoms with Gasteiger partial charge in [-0.3, -0.25) is 0 Å². The summed E-state index contributed by atoms with van der Waals surface area (Å²) in [5, 5.41) is 17.6. The molecule has 0 bridgehead atoms. The van der Waals surface area contributed by atoms with Crippen molar-refractivity contribution in [1.29, 1.82) is 0 Å². The van der Waals surface area contributed by atoms with Crippen molar-refractivity contribution < 1.29 is 14.6 Å². The van der Waals surface area contributed by atoms with Crippen molar-refractivity contribution in [1.82, 2.24) is 5.32 Å². The summed E-state index contributed by atoms with van der Waals surface area (Å²) in [6.45, 7) is 2.42. The molecule has 0 radical (unpaired) electrons. The Labute approximate surface area is 122 Å². The van der Waals surface area contributed by atoms with Gasteiger partial charge in [-0.15, -0.1) is 0 Å². The van der Waals surface area contributed by atoms with Crippen LogP contribution in [0.5, 0.6) is 11.5 Å². The quantitative estimate of drug-likeness (QED) is 0.888. The van der Waals surface area contributed by atoms with Gasteiger partial charge in [-0.25, -0.2) is 0 Å². The van der Waals surface area contributed by atoms with E-state index < -0.39 is 6.10 Å². The Balaban J connectivity index is 1.57. The van der Waals surface area contributed by atoms with Crippen LogP contribution in [0.3, 0.4) is 0 Å². The number of ether oxygens (including phenoxy) is 2. The van der Waals surface area contributed by atoms with Crippen LogP contribution >= 0.6 is 11.3 Å². The van der Waals surface area contributed by atoms with E-state index in [9.17, 15) is 5.11 Å². The second-order valence-corrected chi connectivity index (χ2v) is 5.46. The van der Waals surface area contributed by atoms with E-state index in [1.54, 1.807) is 11.3 Å². The number of nitrogens with one attached hydrogen (secondary N) is 1. The lowest BCUT2D eigenvalue weighted by molar-refractivity contribution is 0.163. The first kappa shape index (κ1) is 13.4. The summed E-state index contributed by atoms with van der Waals surface area (Å²) >= 11 is 1.68. The molecule has 1 aliphatic rings. The molecule has 5 heteroatoms. The van der Waals surface area contributed by atoms with Crippen molar-refractivity contribution in [3.8, 4) is 11.5 Å². The fourth-order valence-electron chi connectivity index (χ4n) is 2.13. The summed E-state index contributed by atoms with van der Waals surface area (Å²) in [5.41, 5.74) is 2.08. The third-order valence-electron chi connectivity index (χ3n) is 3.20. The van der Waals surface area contributed by atoms with Crippen LogP contribution in [0.1, 0.15) is 17.2 Å². The van der Waals surface area contributed by atoms with Gasteiger partial charge >= 0.3 is 0 Å². The van der Waals surface area contributed by atoms with Crippen molar-refractivity contribution in [3.05, 3.63) is 46.2 Å². The van der Waals surface area contributed by atoms with Crippen LogP contribution < -0.4 is 14.8 Å². The maximum Gasteiger partial charge on any atom is 0.161 e. The third kappa shape index (κ3) is 3.12. The van der Waals surface area contributed by atoms with Gasteiger partial charge in [0.05, 0.1) is 6.10 Å². The minimum Gasteiger partial charge on any atom is -0.486 e. The van der Waals surface area contributed by atoms with Crippen molar-refractivity contribution in [3.63, 3.8) is 0 Å². The molecular formula is C15H17NO3S. The number of hydrogen-bond donors (Lipinski definition) is 2. The van der Waals surface area contributed by atoms with Crippen LogP contribution in [0.2, 0.25) is 0 Å². The fraction of sp³-hybridized carbons (Fsp3) is 0.333. The van der Waals surface area contributed by atoms with Crippen LogP contribution in [0, 0.1) is 0 Å². The molecule has 2 N–H and O–H groups in total. The molecule has 1 aromatic heterocycles. The van der Waals surface area contributed by atoms with E-state index in [4.69, 9.17) is 9.47 Å². The van der Waals surface area contributed by atoms with E-state index in [1.807, 2.05) is 23.6 Å². The summed E-state index contributed by atoms with van der Waals surface area (Å²) < 4.78 is 11.0. The molecule has 0 aliphatic carbocycles. The molecular weight excluding hydrogens is 274 g/mol. The summed E-state index contributed by atoms with van der Waals surface area (Å²) in [7, 11) is 0. The van der Waals surface area contributed by atoms with Gasteiger partial charge < -0.3 is 19.9 Å². The number of benzene rings is 1. The Morgan fingerprint density at radius 2 is 2.05 bits per heavy atom. The summed E-state index contributed by atoms with van der Waals surface area (Å²) in [4.78, 5) is 0. The highest BCUT2D eigenvalue weighted by Crippen LogP contribution is 2.32. The Hall–Kier alpha value is -1.56. The molecule has 3 rings (SSSR count). The number of thiophene rings is 1. The summed E-state index contributed by atoms with van der Waals surface area (Å²) in [5.74, 6) is 1.46. The first-order valence-corrected chi connectivity index (χ1v) is 7.56. The summed E-state index contributed by atoms with van der Waals surface area (Å²) in [6, 6.07) is 7.66. The number of hydrogen-bond acceptors (Lipinski definition) is 5. The van der Waals surface area contributed by atoms with E-state index in [0.717, 1.165) is 17.9 Å². The smallest absolute Gasteiger partial charge is 0.161 e. The first-order valence-electron chi connectivity index (χ1n) is 6.62.